The number of rotatable bonds is 5. The summed E-state index contributed by atoms with van der Waals surface area (Å²) in [6.07, 6.45) is 4.57. The number of aryl methyl sites for hydroxylation is 2. The summed E-state index contributed by atoms with van der Waals surface area (Å²) in [6.45, 7) is 6.50. The SMILES string of the molecule is CCc1ncoc1C[C@@H](C)Cc1ccc(C)cc1. The molecule has 0 saturated heterocycles. The van der Waals surface area contributed by atoms with Gasteiger partial charge in [-0.05, 0) is 31.2 Å². The third kappa shape index (κ3) is 3.22. The van der Waals surface area contributed by atoms with Crippen molar-refractivity contribution in [2.24, 2.45) is 5.92 Å². The molecule has 2 rings (SSSR count). The van der Waals surface area contributed by atoms with Gasteiger partial charge < -0.3 is 4.42 Å². The molecule has 2 heteroatoms. The van der Waals surface area contributed by atoms with Crippen LogP contribution in [0.5, 0.6) is 0 Å². The first kappa shape index (κ1) is 12.9. The van der Waals surface area contributed by atoms with Crippen LogP contribution in [0, 0.1) is 12.8 Å². The highest BCUT2D eigenvalue weighted by Gasteiger charge is 2.11. The second-order valence-corrected chi connectivity index (χ2v) is 5.07. The summed E-state index contributed by atoms with van der Waals surface area (Å²) in [5.41, 5.74) is 3.81. The summed E-state index contributed by atoms with van der Waals surface area (Å²) >= 11 is 0. The summed E-state index contributed by atoms with van der Waals surface area (Å²) < 4.78 is 5.47. The lowest BCUT2D eigenvalue weighted by Crippen LogP contribution is -2.05. The first-order valence-corrected chi connectivity index (χ1v) is 6.65. The van der Waals surface area contributed by atoms with Gasteiger partial charge in [-0.2, -0.15) is 0 Å². The van der Waals surface area contributed by atoms with E-state index in [1.165, 1.54) is 11.1 Å². The van der Waals surface area contributed by atoms with Crippen LogP contribution in [0.4, 0.5) is 0 Å². The second kappa shape index (κ2) is 5.85. The van der Waals surface area contributed by atoms with Gasteiger partial charge in [-0.15, -0.1) is 0 Å². The van der Waals surface area contributed by atoms with Crippen molar-refractivity contribution in [1.29, 1.82) is 0 Å². The fraction of sp³-hybridized carbons (Fsp3) is 0.438. The van der Waals surface area contributed by atoms with Gasteiger partial charge in [-0.25, -0.2) is 4.98 Å². The van der Waals surface area contributed by atoms with E-state index in [1.807, 2.05) is 0 Å². The monoisotopic (exact) mass is 243 g/mol. The Balaban J connectivity index is 1.96. The number of aromatic nitrogens is 1. The standard InChI is InChI=1S/C16H21NO/c1-4-15-16(18-11-17-15)10-13(3)9-14-7-5-12(2)6-8-14/h5-8,11,13H,4,9-10H2,1-3H3/t13-/m0/s1. The second-order valence-electron chi connectivity index (χ2n) is 5.07. The van der Waals surface area contributed by atoms with E-state index < -0.39 is 0 Å². The highest BCUT2D eigenvalue weighted by molar-refractivity contribution is 5.22. The maximum Gasteiger partial charge on any atom is 0.181 e. The molecule has 0 aliphatic heterocycles. The Kier molecular flexibility index (Phi) is 4.19. The fourth-order valence-corrected chi connectivity index (χ4v) is 2.26. The lowest BCUT2D eigenvalue weighted by Gasteiger charge is -2.10. The minimum Gasteiger partial charge on any atom is -0.448 e. The van der Waals surface area contributed by atoms with Crippen molar-refractivity contribution >= 4 is 0 Å². The van der Waals surface area contributed by atoms with Crippen molar-refractivity contribution < 1.29 is 4.42 Å². The van der Waals surface area contributed by atoms with Crippen LogP contribution in [-0.4, -0.2) is 4.98 Å². The van der Waals surface area contributed by atoms with Crippen molar-refractivity contribution in [3.63, 3.8) is 0 Å². The summed E-state index contributed by atoms with van der Waals surface area (Å²) in [5.74, 6) is 1.63. The van der Waals surface area contributed by atoms with E-state index >= 15 is 0 Å². The Labute approximate surface area is 109 Å². The van der Waals surface area contributed by atoms with E-state index in [9.17, 15) is 0 Å². The minimum atomic E-state index is 0.575. The van der Waals surface area contributed by atoms with Crippen LogP contribution in [0.15, 0.2) is 35.1 Å². The number of hydrogen-bond donors (Lipinski definition) is 0. The molecule has 1 aromatic carbocycles. The molecule has 0 saturated carbocycles. The first-order valence-electron chi connectivity index (χ1n) is 6.65. The van der Waals surface area contributed by atoms with Gasteiger partial charge in [-0.1, -0.05) is 43.7 Å². The predicted octanol–water partition coefficient (Wildman–Crippen LogP) is 3.97. The van der Waals surface area contributed by atoms with Crippen molar-refractivity contribution in [2.45, 2.75) is 40.0 Å². The molecular weight excluding hydrogens is 222 g/mol. The van der Waals surface area contributed by atoms with Gasteiger partial charge in [0.2, 0.25) is 0 Å². The number of oxazole rings is 1. The van der Waals surface area contributed by atoms with Gasteiger partial charge in [0.05, 0.1) is 5.69 Å². The van der Waals surface area contributed by atoms with E-state index in [1.54, 1.807) is 6.39 Å². The van der Waals surface area contributed by atoms with E-state index in [2.05, 4.69) is 50.0 Å². The van der Waals surface area contributed by atoms with Crippen LogP contribution >= 0.6 is 0 Å². The Morgan fingerprint density at radius 3 is 2.56 bits per heavy atom. The lowest BCUT2D eigenvalue weighted by molar-refractivity contribution is 0.450. The average molecular weight is 243 g/mol. The van der Waals surface area contributed by atoms with Gasteiger partial charge in [0.15, 0.2) is 6.39 Å². The quantitative estimate of drug-likeness (QED) is 0.794. The zero-order valence-electron chi connectivity index (χ0n) is 11.4. The molecule has 0 aliphatic carbocycles. The zero-order chi connectivity index (χ0) is 13.0. The topological polar surface area (TPSA) is 26.0 Å². The Morgan fingerprint density at radius 1 is 1.17 bits per heavy atom. The van der Waals surface area contributed by atoms with Gasteiger partial charge in [0.1, 0.15) is 5.76 Å². The normalized spacial score (nSPS) is 12.6. The molecule has 96 valence electrons. The highest BCUT2D eigenvalue weighted by atomic mass is 16.3. The molecule has 0 spiro atoms. The van der Waals surface area contributed by atoms with Crippen molar-refractivity contribution in [3.05, 3.63) is 53.2 Å². The van der Waals surface area contributed by atoms with Crippen molar-refractivity contribution in [3.8, 4) is 0 Å². The van der Waals surface area contributed by atoms with Crippen LogP contribution in [0.25, 0.3) is 0 Å². The molecule has 1 atom stereocenters. The van der Waals surface area contributed by atoms with E-state index in [0.29, 0.717) is 5.92 Å². The summed E-state index contributed by atoms with van der Waals surface area (Å²) in [6, 6.07) is 8.78. The van der Waals surface area contributed by atoms with Gasteiger partial charge in [-0.3, -0.25) is 0 Å². The molecule has 1 heterocycles. The molecule has 2 aromatic rings. The Bertz CT molecular complexity index is 484. The van der Waals surface area contributed by atoms with Gasteiger partial charge in [0, 0.05) is 6.42 Å². The Hall–Kier alpha value is -1.57. The van der Waals surface area contributed by atoms with Crippen LogP contribution < -0.4 is 0 Å². The lowest BCUT2D eigenvalue weighted by atomic mass is 9.96. The van der Waals surface area contributed by atoms with E-state index in [4.69, 9.17) is 4.42 Å². The molecule has 0 bridgehead atoms. The predicted molar refractivity (Wildman–Crippen MR) is 73.6 cm³/mol. The fourth-order valence-electron chi connectivity index (χ4n) is 2.26. The third-order valence-corrected chi connectivity index (χ3v) is 3.30. The summed E-state index contributed by atoms with van der Waals surface area (Å²) in [5, 5.41) is 0. The van der Waals surface area contributed by atoms with Crippen molar-refractivity contribution in [2.75, 3.05) is 0 Å². The molecule has 0 N–H and O–H groups in total. The molecule has 0 amide bonds. The van der Waals surface area contributed by atoms with Gasteiger partial charge in [0.25, 0.3) is 0 Å². The minimum absolute atomic E-state index is 0.575. The molecule has 1 aromatic heterocycles. The number of benzene rings is 1. The first-order chi connectivity index (χ1) is 8.69. The molecule has 18 heavy (non-hydrogen) atoms. The third-order valence-electron chi connectivity index (χ3n) is 3.30. The molecule has 0 unspecified atom stereocenters. The smallest absolute Gasteiger partial charge is 0.181 e. The zero-order valence-corrected chi connectivity index (χ0v) is 11.4. The molecular formula is C16H21NO. The average Bonchev–Trinajstić information content (AvgIpc) is 2.79. The van der Waals surface area contributed by atoms with E-state index in [-0.39, 0.29) is 0 Å². The van der Waals surface area contributed by atoms with E-state index in [0.717, 1.165) is 30.7 Å². The van der Waals surface area contributed by atoms with Crippen molar-refractivity contribution in [1.82, 2.24) is 4.98 Å². The molecule has 0 fully saturated rings. The highest BCUT2D eigenvalue weighted by Crippen LogP contribution is 2.17. The number of nitrogens with zero attached hydrogens (tertiary/aromatic N) is 1. The maximum atomic E-state index is 5.47. The molecule has 0 radical (unpaired) electrons. The Morgan fingerprint density at radius 2 is 1.89 bits per heavy atom. The van der Waals surface area contributed by atoms with Crippen LogP contribution in [-0.2, 0) is 19.3 Å². The van der Waals surface area contributed by atoms with Crippen LogP contribution in [0.1, 0.15) is 36.4 Å². The van der Waals surface area contributed by atoms with Crippen LogP contribution in [0.3, 0.4) is 0 Å². The maximum absolute atomic E-state index is 5.47. The summed E-state index contributed by atoms with van der Waals surface area (Å²) in [4.78, 5) is 4.24. The largest absolute Gasteiger partial charge is 0.448 e. The molecule has 2 nitrogen and oxygen atoms in total. The summed E-state index contributed by atoms with van der Waals surface area (Å²) in [7, 11) is 0. The number of hydrogen-bond acceptors (Lipinski definition) is 2. The van der Waals surface area contributed by atoms with Gasteiger partial charge >= 0.3 is 0 Å². The molecule has 0 aliphatic rings. The van der Waals surface area contributed by atoms with Crippen LogP contribution in [0.2, 0.25) is 0 Å².